The third kappa shape index (κ3) is 3.13. The van der Waals surface area contributed by atoms with Crippen LogP contribution in [0.25, 0.3) is 11.3 Å². The van der Waals surface area contributed by atoms with Gasteiger partial charge in [-0.2, -0.15) is 10.3 Å². The minimum absolute atomic E-state index is 0.133. The number of hydrogen-bond donors (Lipinski definition) is 1. The Labute approximate surface area is 127 Å². The van der Waals surface area contributed by atoms with Crippen LogP contribution in [0, 0.1) is 13.8 Å². The van der Waals surface area contributed by atoms with Crippen LogP contribution in [0.15, 0.2) is 12.1 Å². The van der Waals surface area contributed by atoms with Crippen LogP contribution in [0.3, 0.4) is 0 Å². The van der Waals surface area contributed by atoms with Crippen LogP contribution < -0.4 is 4.74 Å². The van der Waals surface area contributed by atoms with Gasteiger partial charge in [-0.25, -0.2) is 4.79 Å². The minimum atomic E-state index is -0.533. The molecule has 0 amide bonds. The number of aromatic amines is 1. The number of esters is 2. The molecule has 1 aromatic carbocycles. The van der Waals surface area contributed by atoms with Gasteiger partial charge in [0.15, 0.2) is 5.69 Å². The lowest BCUT2D eigenvalue weighted by molar-refractivity contribution is -0.131. The fourth-order valence-electron chi connectivity index (χ4n) is 2.27. The predicted octanol–water partition coefficient (Wildman–Crippen LogP) is 2.19. The summed E-state index contributed by atoms with van der Waals surface area (Å²) in [7, 11) is 0. The summed E-state index contributed by atoms with van der Waals surface area (Å²) < 4.78 is 10.1. The van der Waals surface area contributed by atoms with Crippen LogP contribution in [-0.4, -0.2) is 34.0 Å². The molecule has 22 heavy (non-hydrogen) atoms. The molecule has 0 aliphatic heterocycles. The van der Waals surface area contributed by atoms with E-state index in [0.29, 0.717) is 11.4 Å². The van der Waals surface area contributed by atoms with Crippen molar-refractivity contribution in [2.75, 3.05) is 6.61 Å². The summed E-state index contributed by atoms with van der Waals surface area (Å²) >= 11 is 0. The molecule has 2 aromatic rings. The first-order chi connectivity index (χ1) is 10.4. The molecule has 1 aromatic heterocycles. The number of nitrogens with zero attached hydrogens (tertiary/aromatic N) is 2. The van der Waals surface area contributed by atoms with Crippen molar-refractivity contribution < 1.29 is 19.1 Å². The van der Waals surface area contributed by atoms with Gasteiger partial charge < -0.3 is 9.47 Å². The van der Waals surface area contributed by atoms with Gasteiger partial charge in [-0.15, -0.1) is 5.10 Å². The Morgan fingerprint density at radius 2 is 1.82 bits per heavy atom. The molecule has 1 heterocycles. The summed E-state index contributed by atoms with van der Waals surface area (Å²) in [6, 6.07) is 3.43. The third-order valence-corrected chi connectivity index (χ3v) is 3.02. The van der Waals surface area contributed by atoms with Gasteiger partial charge in [0.05, 0.1) is 6.61 Å². The van der Waals surface area contributed by atoms with Crippen molar-refractivity contribution in [2.24, 2.45) is 0 Å². The van der Waals surface area contributed by atoms with Crippen molar-refractivity contribution in [3.63, 3.8) is 0 Å². The largest absolute Gasteiger partial charge is 0.461 e. The highest BCUT2D eigenvalue weighted by molar-refractivity contribution is 5.94. The SMILES string of the molecule is CCOC(=O)c1n[nH]nc1-c1c(C)cc(OC(C)=O)cc1C. The van der Waals surface area contributed by atoms with Crippen LogP contribution >= 0.6 is 0 Å². The molecule has 116 valence electrons. The van der Waals surface area contributed by atoms with Crippen molar-refractivity contribution in [1.82, 2.24) is 15.4 Å². The van der Waals surface area contributed by atoms with E-state index in [1.165, 1.54) is 6.92 Å². The number of nitrogens with one attached hydrogen (secondary N) is 1. The van der Waals surface area contributed by atoms with E-state index in [9.17, 15) is 9.59 Å². The van der Waals surface area contributed by atoms with Crippen molar-refractivity contribution in [3.8, 4) is 17.0 Å². The molecule has 0 bridgehead atoms. The first-order valence-electron chi connectivity index (χ1n) is 6.82. The van der Waals surface area contributed by atoms with E-state index >= 15 is 0 Å². The second-order valence-electron chi connectivity index (χ2n) is 4.77. The summed E-state index contributed by atoms with van der Waals surface area (Å²) in [5.41, 5.74) is 2.94. The highest BCUT2D eigenvalue weighted by Gasteiger charge is 2.22. The lowest BCUT2D eigenvalue weighted by Gasteiger charge is -2.11. The van der Waals surface area contributed by atoms with Crippen LogP contribution in [0.2, 0.25) is 0 Å². The second-order valence-corrected chi connectivity index (χ2v) is 4.77. The van der Waals surface area contributed by atoms with E-state index in [1.807, 2.05) is 13.8 Å². The standard InChI is InChI=1S/C15H17N3O4/c1-5-21-15(20)14-13(16-18-17-14)12-8(2)6-11(7-9(12)3)22-10(4)19/h6-7H,5H2,1-4H3,(H,16,17,18). The Kier molecular flexibility index (Phi) is 4.55. The number of H-pyrrole nitrogens is 1. The number of carbonyl (C=O) groups excluding carboxylic acids is 2. The van der Waals surface area contributed by atoms with Crippen molar-refractivity contribution in [1.29, 1.82) is 0 Å². The first-order valence-corrected chi connectivity index (χ1v) is 6.82. The smallest absolute Gasteiger partial charge is 0.361 e. The molecule has 0 atom stereocenters. The molecule has 1 N–H and O–H groups in total. The van der Waals surface area contributed by atoms with E-state index < -0.39 is 5.97 Å². The molecule has 7 heteroatoms. The Bertz CT molecular complexity index is 698. The van der Waals surface area contributed by atoms with E-state index in [-0.39, 0.29) is 18.3 Å². The predicted molar refractivity (Wildman–Crippen MR) is 78.6 cm³/mol. The van der Waals surface area contributed by atoms with Gasteiger partial charge in [0, 0.05) is 12.5 Å². The van der Waals surface area contributed by atoms with Gasteiger partial charge in [-0.05, 0) is 44.0 Å². The fraction of sp³-hybridized carbons (Fsp3) is 0.333. The molecular weight excluding hydrogens is 286 g/mol. The fourth-order valence-corrected chi connectivity index (χ4v) is 2.27. The summed E-state index contributed by atoms with van der Waals surface area (Å²) in [6.07, 6.45) is 0. The first kappa shape index (κ1) is 15.7. The van der Waals surface area contributed by atoms with Crippen LogP contribution in [0.1, 0.15) is 35.5 Å². The lowest BCUT2D eigenvalue weighted by Crippen LogP contribution is -2.08. The van der Waals surface area contributed by atoms with Gasteiger partial charge in [-0.3, -0.25) is 4.79 Å². The maximum absolute atomic E-state index is 11.9. The molecule has 0 fully saturated rings. The summed E-state index contributed by atoms with van der Waals surface area (Å²) in [5, 5.41) is 10.4. The Balaban J connectivity index is 2.48. The van der Waals surface area contributed by atoms with Gasteiger partial charge in [0.25, 0.3) is 0 Å². The van der Waals surface area contributed by atoms with Crippen LogP contribution in [0.5, 0.6) is 5.75 Å². The lowest BCUT2D eigenvalue weighted by atomic mass is 9.98. The van der Waals surface area contributed by atoms with Crippen LogP contribution in [-0.2, 0) is 9.53 Å². The Hall–Kier alpha value is -2.70. The highest BCUT2D eigenvalue weighted by atomic mass is 16.5. The average molecular weight is 303 g/mol. The van der Waals surface area contributed by atoms with E-state index in [0.717, 1.165) is 16.7 Å². The molecule has 0 unspecified atom stereocenters. The number of aromatic nitrogens is 3. The summed E-state index contributed by atoms with van der Waals surface area (Å²) in [4.78, 5) is 23.0. The number of benzene rings is 1. The van der Waals surface area contributed by atoms with Gasteiger partial charge >= 0.3 is 11.9 Å². The third-order valence-electron chi connectivity index (χ3n) is 3.02. The van der Waals surface area contributed by atoms with Crippen molar-refractivity contribution in [3.05, 3.63) is 29.0 Å². The van der Waals surface area contributed by atoms with E-state index in [2.05, 4.69) is 15.4 Å². The Morgan fingerprint density at radius 1 is 1.18 bits per heavy atom. The molecule has 0 radical (unpaired) electrons. The van der Waals surface area contributed by atoms with Crippen LogP contribution in [0.4, 0.5) is 0 Å². The van der Waals surface area contributed by atoms with E-state index in [4.69, 9.17) is 9.47 Å². The van der Waals surface area contributed by atoms with Gasteiger partial charge in [0.2, 0.25) is 0 Å². The molecule has 0 saturated heterocycles. The summed E-state index contributed by atoms with van der Waals surface area (Å²) in [5.74, 6) is -0.471. The zero-order valence-corrected chi connectivity index (χ0v) is 12.9. The van der Waals surface area contributed by atoms with Gasteiger partial charge in [-0.1, -0.05) is 0 Å². The number of rotatable bonds is 4. The minimum Gasteiger partial charge on any atom is -0.461 e. The number of aryl methyl sites for hydroxylation is 2. The maximum atomic E-state index is 11.9. The number of carbonyl (C=O) groups is 2. The van der Waals surface area contributed by atoms with Crippen molar-refractivity contribution in [2.45, 2.75) is 27.7 Å². The number of hydrogen-bond acceptors (Lipinski definition) is 6. The topological polar surface area (TPSA) is 94.2 Å². The maximum Gasteiger partial charge on any atom is 0.361 e. The molecule has 0 aliphatic rings. The zero-order chi connectivity index (χ0) is 16.3. The van der Waals surface area contributed by atoms with E-state index in [1.54, 1.807) is 19.1 Å². The average Bonchev–Trinajstić information content (AvgIpc) is 2.86. The quantitative estimate of drug-likeness (QED) is 0.687. The molecule has 0 spiro atoms. The summed E-state index contributed by atoms with van der Waals surface area (Å²) in [6.45, 7) is 7.02. The Morgan fingerprint density at radius 3 is 2.36 bits per heavy atom. The van der Waals surface area contributed by atoms with Crippen molar-refractivity contribution >= 4 is 11.9 Å². The monoisotopic (exact) mass is 303 g/mol. The number of ether oxygens (including phenoxy) is 2. The molecule has 2 rings (SSSR count). The molecule has 0 saturated carbocycles. The highest BCUT2D eigenvalue weighted by Crippen LogP contribution is 2.31. The molecule has 7 nitrogen and oxygen atoms in total. The normalized spacial score (nSPS) is 10.4. The molecule has 0 aliphatic carbocycles. The molecular formula is C15H17N3O4. The zero-order valence-electron chi connectivity index (χ0n) is 12.9. The van der Waals surface area contributed by atoms with Gasteiger partial charge in [0.1, 0.15) is 11.4 Å². The second kappa shape index (κ2) is 6.38.